The molecule has 0 spiro atoms. The topological polar surface area (TPSA) is 80.0 Å². The summed E-state index contributed by atoms with van der Waals surface area (Å²) in [4.78, 5) is 15.5. The smallest absolute Gasteiger partial charge is 0.290 e. The number of aromatic nitrogens is 3. The molecule has 1 aromatic heterocycles. The number of nitrogens with one attached hydrogen (secondary N) is 1. The Balaban J connectivity index is 2.14. The van der Waals surface area contributed by atoms with Crippen LogP contribution in [-0.2, 0) is 6.42 Å². The number of benzene rings is 1. The molecule has 0 saturated carbocycles. The van der Waals surface area contributed by atoms with Crippen molar-refractivity contribution in [3.05, 3.63) is 46.0 Å². The maximum atomic E-state index is 11.5. The summed E-state index contributed by atoms with van der Waals surface area (Å²) < 4.78 is 1.51. The first-order valence-electron chi connectivity index (χ1n) is 7.18. The van der Waals surface area contributed by atoms with Gasteiger partial charge in [-0.2, -0.15) is 0 Å². The molecule has 0 fully saturated rings. The summed E-state index contributed by atoms with van der Waals surface area (Å²) in [6, 6.07) is 5.13. The van der Waals surface area contributed by atoms with E-state index in [9.17, 15) is 9.90 Å². The predicted molar refractivity (Wildman–Crippen MR) is 88.9 cm³/mol. The highest BCUT2D eigenvalue weighted by Gasteiger charge is 2.21. The lowest BCUT2D eigenvalue weighted by Crippen LogP contribution is -2.24. The van der Waals surface area contributed by atoms with E-state index in [0.717, 1.165) is 5.56 Å². The summed E-state index contributed by atoms with van der Waals surface area (Å²) in [5.74, 6) is -0.301. The number of nitrogens with zero attached hydrogens (tertiary/aromatic N) is 3. The number of aliphatic hydroxyl groups is 1. The molecule has 2 atom stereocenters. The molecule has 6 nitrogen and oxygen atoms in total. The van der Waals surface area contributed by atoms with Crippen LogP contribution in [0.25, 0.3) is 0 Å². The van der Waals surface area contributed by atoms with Crippen LogP contribution < -0.4 is 5.32 Å². The van der Waals surface area contributed by atoms with Gasteiger partial charge in [0.15, 0.2) is 0 Å². The molecule has 0 aliphatic rings. The van der Waals surface area contributed by atoms with Gasteiger partial charge in [0, 0.05) is 7.05 Å². The number of hydrogen-bond acceptors (Lipinski definition) is 4. The number of carbonyl (C=O) groups is 1. The van der Waals surface area contributed by atoms with Crippen LogP contribution in [0.2, 0.25) is 10.0 Å². The van der Waals surface area contributed by atoms with Gasteiger partial charge in [-0.3, -0.25) is 4.79 Å². The molecule has 0 aliphatic heterocycles. The maximum absolute atomic E-state index is 11.5. The van der Waals surface area contributed by atoms with Crippen LogP contribution in [0.5, 0.6) is 0 Å². The van der Waals surface area contributed by atoms with E-state index in [4.69, 9.17) is 23.2 Å². The van der Waals surface area contributed by atoms with Crippen molar-refractivity contribution in [2.45, 2.75) is 31.9 Å². The second kappa shape index (κ2) is 7.77. The maximum Gasteiger partial charge on any atom is 0.290 e. The minimum absolute atomic E-state index is 0.0685. The largest absolute Gasteiger partial charge is 0.391 e. The summed E-state index contributed by atoms with van der Waals surface area (Å²) in [7, 11) is 1.51. The first-order chi connectivity index (χ1) is 10.9. The van der Waals surface area contributed by atoms with Crippen LogP contribution in [-0.4, -0.2) is 38.9 Å². The molecule has 2 aromatic rings. The van der Waals surface area contributed by atoms with Gasteiger partial charge in [0.2, 0.25) is 5.82 Å². The molecule has 1 amide bonds. The predicted octanol–water partition coefficient (Wildman–Crippen LogP) is 2.50. The van der Waals surface area contributed by atoms with E-state index in [1.54, 1.807) is 13.0 Å². The highest BCUT2D eigenvalue weighted by Crippen LogP contribution is 2.28. The molecular weight excluding hydrogens is 339 g/mol. The Hall–Kier alpha value is -1.63. The number of aliphatic hydroxyl groups excluding tert-OH is 1. The van der Waals surface area contributed by atoms with Crippen LogP contribution in [0.15, 0.2) is 24.5 Å². The van der Waals surface area contributed by atoms with Crippen molar-refractivity contribution in [1.82, 2.24) is 20.1 Å². The molecule has 2 rings (SSSR count). The van der Waals surface area contributed by atoms with Gasteiger partial charge in [0.05, 0.1) is 22.2 Å². The lowest BCUT2D eigenvalue weighted by Gasteiger charge is -2.20. The van der Waals surface area contributed by atoms with Crippen molar-refractivity contribution >= 4 is 29.1 Å². The van der Waals surface area contributed by atoms with Gasteiger partial charge in [-0.05, 0) is 31.4 Å². The molecule has 0 radical (unpaired) electrons. The standard InChI is InChI=1S/C15H18Cl2N4O2/c1-9(22)12(21-8-19-14(20-21)15(23)18-2)7-6-10-4-3-5-11(16)13(10)17/h3-5,8-9,12,22H,6-7H2,1-2H3,(H,18,23)/t9-,12+/m0/s1. The van der Waals surface area contributed by atoms with Crippen LogP contribution in [0.4, 0.5) is 0 Å². The fourth-order valence-electron chi connectivity index (χ4n) is 2.29. The van der Waals surface area contributed by atoms with E-state index in [-0.39, 0.29) is 17.8 Å². The molecule has 1 aromatic carbocycles. The molecule has 1 heterocycles. The van der Waals surface area contributed by atoms with Crippen LogP contribution in [0, 0.1) is 0 Å². The van der Waals surface area contributed by atoms with Gasteiger partial charge in [-0.1, -0.05) is 35.3 Å². The average Bonchev–Trinajstić information content (AvgIpc) is 3.00. The number of rotatable bonds is 6. The minimum atomic E-state index is -0.660. The molecule has 2 N–H and O–H groups in total. The fraction of sp³-hybridized carbons (Fsp3) is 0.400. The number of amides is 1. The van der Waals surface area contributed by atoms with Crippen LogP contribution in [0.1, 0.15) is 35.6 Å². The summed E-state index contributed by atoms with van der Waals surface area (Å²) in [6.07, 6.45) is 1.98. The highest BCUT2D eigenvalue weighted by atomic mass is 35.5. The van der Waals surface area contributed by atoms with Gasteiger partial charge in [0.25, 0.3) is 5.91 Å². The normalized spacial score (nSPS) is 13.6. The van der Waals surface area contributed by atoms with Gasteiger partial charge >= 0.3 is 0 Å². The molecule has 23 heavy (non-hydrogen) atoms. The quantitative estimate of drug-likeness (QED) is 0.833. The van der Waals surface area contributed by atoms with E-state index in [1.807, 2.05) is 12.1 Å². The van der Waals surface area contributed by atoms with Gasteiger partial charge < -0.3 is 10.4 Å². The lowest BCUT2D eigenvalue weighted by atomic mass is 10.0. The van der Waals surface area contributed by atoms with Crippen LogP contribution >= 0.6 is 23.2 Å². The molecule has 124 valence electrons. The SMILES string of the molecule is CNC(=O)c1ncn([C@H](CCc2cccc(Cl)c2Cl)[C@H](C)O)n1. The average molecular weight is 357 g/mol. The number of aryl methyl sites for hydroxylation is 1. The van der Waals surface area contributed by atoms with E-state index >= 15 is 0 Å². The van der Waals surface area contributed by atoms with Crippen molar-refractivity contribution < 1.29 is 9.90 Å². The van der Waals surface area contributed by atoms with Crippen LogP contribution in [0.3, 0.4) is 0 Å². The van der Waals surface area contributed by atoms with E-state index < -0.39 is 6.10 Å². The van der Waals surface area contributed by atoms with Crippen molar-refractivity contribution in [2.75, 3.05) is 7.05 Å². The zero-order valence-electron chi connectivity index (χ0n) is 12.8. The Morgan fingerprint density at radius 1 is 1.43 bits per heavy atom. The Kier molecular flexibility index (Phi) is 5.98. The Morgan fingerprint density at radius 2 is 2.17 bits per heavy atom. The van der Waals surface area contributed by atoms with Gasteiger partial charge in [-0.15, -0.1) is 5.10 Å². The third kappa shape index (κ3) is 4.22. The lowest BCUT2D eigenvalue weighted by molar-refractivity contribution is 0.0946. The summed E-state index contributed by atoms with van der Waals surface area (Å²) in [5, 5.41) is 17.6. The Bertz CT molecular complexity index is 688. The molecular formula is C15H18Cl2N4O2. The second-order valence-corrected chi connectivity index (χ2v) is 5.97. The summed E-state index contributed by atoms with van der Waals surface area (Å²) in [5.41, 5.74) is 0.899. The van der Waals surface area contributed by atoms with E-state index in [2.05, 4.69) is 15.4 Å². The zero-order valence-corrected chi connectivity index (χ0v) is 14.3. The van der Waals surface area contributed by atoms with Gasteiger partial charge in [-0.25, -0.2) is 9.67 Å². The minimum Gasteiger partial charge on any atom is -0.391 e. The van der Waals surface area contributed by atoms with Crippen molar-refractivity contribution in [3.63, 3.8) is 0 Å². The fourth-order valence-corrected chi connectivity index (χ4v) is 2.70. The Morgan fingerprint density at radius 3 is 2.83 bits per heavy atom. The number of carbonyl (C=O) groups excluding carboxylic acids is 1. The molecule has 8 heteroatoms. The number of halogens is 2. The highest BCUT2D eigenvalue weighted by molar-refractivity contribution is 6.42. The third-order valence-corrected chi connectivity index (χ3v) is 4.43. The third-order valence-electron chi connectivity index (χ3n) is 3.58. The summed E-state index contributed by atoms with van der Waals surface area (Å²) >= 11 is 12.2. The van der Waals surface area contributed by atoms with Crippen molar-refractivity contribution in [1.29, 1.82) is 0 Å². The van der Waals surface area contributed by atoms with Crippen molar-refractivity contribution in [2.24, 2.45) is 0 Å². The zero-order chi connectivity index (χ0) is 17.0. The Labute approximate surface area is 144 Å². The first kappa shape index (κ1) is 17.7. The molecule has 0 aliphatic carbocycles. The molecule has 0 unspecified atom stereocenters. The summed E-state index contributed by atoms with van der Waals surface area (Å²) in [6.45, 7) is 1.67. The monoisotopic (exact) mass is 356 g/mol. The first-order valence-corrected chi connectivity index (χ1v) is 7.93. The van der Waals surface area contributed by atoms with E-state index in [0.29, 0.717) is 22.9 Å². The molecule has 0 bridgehead atoms. The van der Waals surface area contributed by atoms with Gasteiger partial charge in [0.1, 0.15) is 6.33 Å². The second-order valence-electron chi connectivity index (χ2n) is 5.19. The number of hydrogen-bond donors (Lipinski definition) is 2. The van der Waals surface area contributed by atoms with Crippen molar-refractivity contribution in [3.8, 4) is 0 Å². The molecule has 0 saturated heterocycles. The van der Waals surface area contributed by atoms with E-state index in [1.165, 1.54) is 18.1 Å².